The van der Waals surface area contributed by atoms with E-state index in [1.807, 2.05) is 22.6 Å². The van der Waals surface area contributed by atoms with Gasteiger partial charge in [0.05, 0.1) is 16.5 Å². The van der Waals surface area contributed by atoms with Gasteiger partial charge in [0.15, 0.2) is 17.9 Å². The topological polar surface area (TPSA) is 96.9 Å². The van der Waals surface area contributed by atoms with Crippen LogP contribution in [0.2, 0.25) is 0 Å². The first-order valence-corrected chi connectivity index (χ1v) is 10.0. The van der Waals surface area contributed by atoms with Crippen LogP contribution in [0.5, 0.6) is 5.75 Å². The van der Waals surface area contributed by atoms with E-state index in [0.717, 1.165) is 6.07 Å². The molecule has 0 aromatic heterocycles. The van der Waals surface area contributed by atoms with Crippen molar-refractivity contribution >= 4 is 28.3 Å². The SMILES string of the molecule is CCOC(COc1cc(F)c(F)c(C(N)c2ccc(I)cc2F)c1[N+](=O)[O-])OCC. The lowest BCUT2D eigenvalue weighted by atomic mass is 9.96. The van der Waals surface area contributed by atoms with Crippen molar-refractivity contribution in [2.75, 3.05) is 19.8 Å². The van der Waals surface area contributed by atoms with Crippen molar-refractivity contribution in [1.29, 1.82) is 0 Å². The molecule has 164 valence electrons. The Kier molecular flexibility index (Phi) is 8.82. The maximum absolute atomic E-state index is 14.6. The Balaban J connectivity index is 2.53. The van der Waals surface area contributed by atoms with Crippen molar-refractivity contribution in [2.24, 2.45) is 5.73 Å². The molecule has 0 saturated carbocycles. The molecule has 0 aliphatic heterocycles. The molecule has 11 heteroatoms. The van der Waals surface area contributed by atoms with Gasteiger partial charge in [0.1, 0.15) is 12.4 Å². The second-order valence-corrected chi connectivity index (χ2v) is 7.23. The summed E-state index contributed by atoms with van der Waals surface area (Å²) in [5, 5.41) is 11.7. The lowest BCUT2D eigenvalue weighted by molar-refractivity contribution is -0.387. The molecule has 2 aromatic carbocycles. The van der Waals surface area contributed by atoms with Crippen molar-refractivity contribution in [2.45, 2.75) is 26.2 Å². The molecule has 0 aliphatic rings. The third kappa shape index (κ3) is 5.59. The molecule has 0 bridgehead atoms. The molecular formula is C19H20F3IN2O5. The van der Waals surface area contributed by atoms with Crippen molar-refractivity contribution in [3.05, 3.63) is 66.5 Å². The van der Waals surface area contributed by atoms with Gasteiger partial charge in [0.25, 0.3) is 0 Å². The molecule has 1 atom stereocenters. The molecule has 0 spiro atoms. The summed E-state index contributed by atoms with van der Waals surface area (Å²) in [5.41, 5.74) is 3.99. The fourth-order valence-corrected chi connectivity index (χ4v) is 3.23. The zero-order valence-corrected chi connectivity index (χ0v) is 18.3. The Labute approximate surface area is 184 Å². The Morgan fingerprint density at radius 2 is 1.77 bits per heavy atom. The number of rotatable bonds is 10. The normalized spacial score (nSPS) is 12.3. The van der Waals surface area contributed by atoms with Gasteiger partial charge in [-0.3, -0.25) is 10.1 Å². The third-order valence-electron chi connectivity index (χ3n) is 4.06. The van der Waals surface area contributed by atoms with Gasteiger partial charge in [0.2, 0.25) is 5.75 Å². The van der Waals surface area contributed by atoms with E-state index in [9.17, 15) is 23.3 Å². The van der Waals surface area contributed by atoms with E-state index < -0.39 is 51.7 Å². The van der Waals surface area contributed by atoms with E-state index in [2.05, 4.69) is 0 Å². The number of ether oxygens (including phenoxy) is 3. The molecule has 0 radical (unpaired) electrons. The lowest BCUT2D eigenvalue weighted by Crippen LogP contribution is -2.26. The standard InChI is InChI=1S/C19H20F3IN2O5/c1-3-28-15(29-4-2)9-30-14-8-13(21)17(22)16(19(14)25(26)27)18(24)11-6-5-10(23)7-12(11)20/h5-8,15,18H,3-4,9,24H2,1-2H3. The molecule has 2 aromatic rings. The van der Waals surface area contributed by atoms with E-state index >= 15 is 0 Å². The van der Waals surface area contributed by atoms with E-state index in [1.54, 1.807) is 13.8 Å². The van der Waals surface area contributed by atoms with Crippen LogP contribution in [0.25, 0.3) is 0 Å². The van der Waals surface area contributed by atoms with Crippen molar-refractivity contribution in [3.63, 3.8) is 0 Å². The first-order valence-electron chi connectivity index (χ1n) is 8.93. The summed E-state index contributed by atoms with van der Waals surface area (Å²) < 4.78 is 59.6. The molecular weight excluding hydrogens is 520 g/mol. The highest BCUT2D eigenvalue weighted by atomic mass is 127. The summed E-state index contributed by atoms with van der Waals surface area (Å²) in [6, 6.07) is 2.79. The maximum atomic E-state index is 14.6. The first-order chi connectivity index (χ1) is 14.2. The van der Waals surface area contributed by atoms with Gasteiger partial charge in [-0.2, -0.15) is 0 Å². The Hall–Kier alpha value is -1.96. The van der Waals surface area contributed by atoms with Crippen molar-refractivity contribution in [1.82, 2.24) is 0 Å². The average molecular weight is 540 g/mol. The lowest BCUT2D eigenvalue weighted by Gasteiger charge is -2.20. The number of benzene rings is 2. The minimum Gasteiger partial charge on any atom is -0.481 e. The molecule has 7 nitrogen and oxygen atoms in total. The molecule has 2 rings (SSSR count). The fourth-order valence-electron chi connectivity index (χ4n) is 2.78. The summed E-state index contributed by atoms with van der Waals surface area (Å²) in [6.07, 6.45) is -0.876. The third-order valence-corrected chi connectivity index (χ3v) is 4.73. The van der Waals surface area contributed by atoms with Crippen LogP contribution in [-0.2, 0) is 9.47 Å². The van der Waals surface area contributed by atoms with E-state index in [0.29, 0.717) is 9.64 Å². The minimum absolute atomic E-state index is 0.226. The van der Waals surface area contributed by atoms with Gasteiger partial charge in [0, 0.05) is 28.4 Å². The number of nitro benzene ring substituents is 1. The maximum Gasteiger partial charge on any atom is 0.319 e. The molecule has 0 saturated heterocycles. The van der Waals surface area contributed by atoms with Crippen LogP contribution in [0, 0.1) is 31.1 Å². The number of nitrogens with two attached hydrogens (primary N) is 1. The summed E-state index contributed by atoms with van der Waals surface area (Å²) in [6.45, 7) is 3.64. The van der Waals surface area contributed by atoms with Crippen LogP contribution in [0.15, 0.2) is 24.3 Å². The second kappa shape index (κ2) is 10.9. The summed E-state index contributed by atoms with van der Waals surface area (Å²) in [5.74, 6) is -4.34. The number of nitrogens with zero attached hydrogens (tertiary/aromatic N) is 1. The predicted molar refractivity (Wildman–Crippen MR) is 111 cm³/mol. The van der Waals surface area contributed by atoms with E-state index in [4.69, 9.17) is 19.9 Å². The van der Waals surface area contributed by atoms with Crippen LogP contribution in [-0.4, -0.2) is 31.0 Å². The monoisotopic (exact) mass is 540 g/mol. The summed E-state index contributed by atoms with van der Waals surface area (Å²) in [7, 11) is 0. The quantitative estimate of drug-likeness (QED) is 0.207. The molecule has 30 heavy (non-hydrogen) atoms. The first kappa shape index (κ1) is 24.3. The second-order valence-electron chi connectivity index (χ2n) is 5.98. The summed E-state index contributed by atoms with van der Waals surface area (Å²) in [4.78, 5) is 10.8. The highest BCUT2D eigenvalue weighted by Gasteiger charge is 2.34. The number of nitro groups is 1. The number of hydrogen-bond donors (Lipinski definition) is 1. The molecule has 0 amide bonds. The molecule has 0 aliphatic carbocycles. The van der Waals surface area contributed by atoms with Gasteiger partial charge in [-0.05, 0) is 48.6 Å². The molecule has 2 N–H and O–H groups in total. The largest absolute Gasteiger partial charge is 0.481 e. The summed E-state index contributed by atoms with van der Waals surface area (Å²) >= 11 is 1.86. The Bertz CT molecular complexity index is 910. The van der Waals surface area contributed by atoms with Crippen molar-refractivity contribution in [3.8, 4) is 5.75 Å². The van der Waals surface area contributed by atoms with Gasteiger partial charge >= 0.3 is 5.69 Å². The molecule has 1 unspecified atom stereocenters. The van der Waals surface area contributed by atoms with E-state index in [1.165, 1.54) is 12.1 Å². The zero-order valence-electron chi connectivity index (χ0n) is 16.2. The average Bonchev–Trinajstić information content (AvgIpc) is 2.67. The Morgan fingerprint density at radius 1 is 1.13 bits per heavy atom. The van der Waals surface area contributed by atoms with Crippen LogP contribution in [0.1, 0.15) is 31.0 Å². The smallest absolute Gasteiger partial charge is 0.319 e. The minimum atomic E-state index is -1.64. The molecule has 0 heterocycles. The van der Waals surface area contributed by atoms with E-state index in [-0.39, 0.29) is 25.4 Å². The van der Waals surface area contributed by atoms with Gasteiger partial charge in [-0.15, -0.1) is 0 Å². The van der Waals surface area contributed by atoms with Gasteiger partial charge < -0.3 is 19.9 Å². The zero-order chi connectivity index (χ0) is 22.4. The number of hydrogen-bond acceptors (Lipinski definition) is 6. The van der Waals surface area contributed by atoms with Crippen LogP contribution >= 0.6 is 22.6 Å². The van der Waals surface area contributed by atoms with Gasteiger partial charge in [-0.1, -0.05) is 6.07 Å². The number of halogens is 4. The molecule has 0 fully saturated rings. The fraction of sp³-hybridized carbons (Fsp3) is 0.368. The highest BCUT2D eigenvalue weighted by Crippen LogP contribution is 2.40. The van der Waals surface area contributed by atoms with Gasteiger partial charge in [-0.25, -0.2) is 13.2 Å². The highest BCUT2D eigenvalue weighted by molar-refractivity contribution is 14.1. The van der Waals surface area contributed by atoms with Crippen LogP contribution < -0.4 is 10.5 Å². The van der Waals surface area contributed by atoms with Crippen molar-refractivity contribution < 1.29 is 32.3 Å². The van der Waals surface area contributed by atoms with Crippen LogP contribution in [0.4, 0.5) is 18.9 Å². The van der Waals surface area contributed by atoms with Crippen LogP contribution in [0.3, 0.4) is 0 Å². The predicted octanol–water partition coefficient (Wildman–Crippen LogP) is 4.44. The Morgan fingerprint density at radius 3 is 2.30 bits per heavy atom.